The molecule has 0 saturated heterocycles. The highest BCUT2D eigenvalue weighted by atomic mass is 19.4. The van der Waals surface area contributed by atoms with Crippen molar-refractivity contribution in [1.29, 1.82) is 0 Å². The van der Waals surface area contributed by atoms with E-state index >= 15 is 0 Å². The summed E-state index contributed by atoms with van der Waals surface area (Å²) in [6.07, 6.45) is -9.44. The normalized spacial score (nSPS) is 12.2. The standard InChI is InChI=1S/C17H17F6N3O2/c1-10(2)8-27-13-6-4-3-5-12(13)25-15-24-7-11(17(21,22)23)14(26-15)28-9-16(18,19)20/h3-7,10H,8-9H2,1-2H3,(H,24,25,26). The predicted molar refractivity (Wildman–Crippen MR) is 88.6 cm³/mol. The first kappa shape index (κ1) is 21.6. The van der Waals surface area contributed by atoms with E-state index < -0.39 is 30.4 Å². The molecule has 0 fully saturated rings. The maximum absolute atomic E-state index is 13.0. The van der Waals surface area contributed by atoms with Crippen LogP contribution in [0.4, 0.5) is 38.0 Å². The number of alkyl halides is 6. The van der Waals surface area contributed by atoms with Crippen LogP contribution in [0.2, 0.25) is 0 Å². The van der Waals surface area contributed by atoms with Crippen LogP contribution in [0.3, 0.4) is 0 Å². The van der Waals surface area contributed by atoms with Crippen LogP contribution in [0, 0.1) is 5.92 Å². The number of para-hydroxylation sites is 2. The van der Waals surface area contributed by atoms with Gasteiger partial charge in [0.2, 0.25) is 11.8 Å². The molecule has 0 saturated carbocycles. The molecule has 1 N–H and O–H groups in total. The van der Waals surface area contributed by atoms with E-state index in [0.29, 0.717) is 24.2 Å². The number of aromatic nitrogens is 2. The monoisotopic (exact) mass is 409 g/mol. The fourth-order valence-corrected chi connectivity index (χ4v) is 1.95. The van der Waals surface area contributed by atoms with Crippen LogP contribution < -0.4 is 14.8 Å². The molecular weight excluding hydrogens is 392 g/mol. The van der Waals surface area contributed by atoms with Crippen molar-refractivity contribution in [3.63, 3.8) is 0 Å². The molecule has 28 heavy (non-hydrogen) atoms. The zero-order valence-corrected chi connectivity index (χ0v) is 14.9. The van der Waals surface area contributed by atoms with Crippen molar-refractivity contribution in [3.8, 4) is 11.6 Å². The van der Waals surface area contributed by atoms with Gasteiger partial charge >= 0.3 is 12.4 Å². The minimum Gasteiger partial charge on any atom is -0.491 e. The van der Waals surface area contributed by atoms with Crippen LogP contribution in [-0.4, -0.2) is 29.4 Å². The lowest BCUT2D eigenvalue weighted by Crippen LogP contribution is -2.22. The van der Waals surface area contributed by atoms with Gasteiger partial charge in [-0.05, 0) is 18.1 Å². The van der Waals surface area contributed by atoms with E-state index in [1.54, 1.807) is 24.3 Å². The van der Waals surface area contributed by atoms with Crippen molar-refractivity contribution in [3.05, 3.63) is 36.0 Å². The smallest absolute Gasteiger partial charge is 0.423 e. The summed E-state index contributed by atoms with van der Waals surface area (Å²) in [6.45, 7) is 2.33. The Hall–Kier alpha value is -2.72. The minimum atomic E-state index is -4.97. The second-order valence-corrected chi connectivity index (χ2v) is 6.14. The molecule has 1 aromatic carbocycles. The van der Waals surface area contributed by atoms with Gasteiger partial charge in [-0.15, -0.1) is 0 Å². The number of nitrogens with zero attached hydrogens (tertiary/aromatic N) is 2. The Kier molecular flexibility index (Phi) is 6.57. The molecular formula is C17H17F6N3O2. The molecule has 0 aliphatic carbocycles. The van der Waals surface area contributed by atoms with Crippen LogP contribution in [0.25, 0.3) is 0 Å². The van der Waals surface area contributed by atoms with Gasteiger partial charge < -0.3 is 14.8 Å². The Morgan fingerprint density at radius 3 is 2.32 bits per heavy atom. The largest absolute Gasteiger partial charge is 0.491 e. The number of benzene rings is 1. The molecule has 2 aromatic rings. The molecule has 1 heterocycles. The van der Waals surface area contributed by atoms with Crippen molar-refractivity contribution in [2.45, 2.75) is 26.2 Å². The molecule has 1 aromatic heterocycles. The van der Waals surface area contributed by atoms with Crippen molar-refractivity contribution < 1.29 is 35.8 Å². The average molecular weight is 409 g/mol. The Labute approximate surface area is 156 Å². The van der Waals surface area contributed by atoms with Crippen LogP contribution in [0.15, 0.2) is 30.5 Å². The fourth-order valence-electron chi connectivity index (χ4n) is 1.95. The quantitative estimate of drug-likeness (QED) is 0.636. The van der Waals surface area contributed by atoms with Gasteiger partial charge in [-0.1, -0.05) is 26.0 Å². The number of hydrogen-bond acceptors (Lipinski definition) is 5. The summed E-state index contributed by atoms with van der Waals surface area (Å²) in [7, 11) is 0. The highest BCUT2D eigenvalue weighted by Gasteiger charge is 2.38. The van der Waals surface area contributed by atoms with E-state index in [2.05, 4.69) is 20.0 Å². The van der Waals surface area contributed by atoms with E-state index in [-0.39, 0.29) is 11.9 Å². The highest BCUT2D eigenvalue weighted by molar-refractivity contribution is 5.62. The molecule has 0 spiro atoms. The number of halogens is 6. The van der Waals surface area contributed by atoms with Gasteiger partial charge in [0.15, 0.2) is 6.61 Å². The molecule has 0 amide bonds. The molecule has 0 unspecified atom stereocenters. The van der Waals surface area contributed by atoms with Gasteiger partial charge in [-0.3, -0.25) is 0 Å². The lowest BCUT2D eigenvalue weighted by atomic mass is 10.2. The molecule has 5 nitrogen and oxygen atoms in total. The summed E-state index contributed by atoms with van der Waals surface area (Å²) in [5, 5.41) is 2.64. The Morgan fingerprint density at radius 2 is 1.71 bits per heavy atom. The Balaban J connectivity index is 2.29. The molecule has 0 radical (unpaired) electrons. The Morgan fingerprint density at radius 1 is 1.04 bits per heavy atom. The fraction of sp³-hybridized carbons (Fsp3) is 0.412. The number of nitrogens with one attached hydrogen (secondary N) is 1. The van der Waals surface area contributed by atoms with Crippen LogP contribution in [-0.2, 0) is 6.18 Å². The summed E-state index contributed by atoms with van der Waals surface area (Å²) in [6, 6.07) is 6.50. The first-order valence-corrected chi connectivity index (χ1v) is 8.08. The maximum Gasteiger partial charge on any atom is 0.423 e. The van der Waals surface area contributed by atoms with Crippen LogP contribution >= 0.6 is 0 Å². The van der Waals surface area contributed by atoms with Crippen molar-refractivity contribution in [2.75, 3.05) is 18.5 Å². The second kappa shape index (κ2) is 8.53. The Bertz CT molecular complexity index is 793. The first-order chi connectivity index (χ1) is 13.0. The molecule has 0 aliphatic heterocycles. The first-order valence-electron chi connectivity index (χ1n) is 8.08. The predicted octanol–water partition coefficient (Wildman–Crippen LogP) is 5.21. The van der Waals surface area contributed by atoms with Crippen molar-refractivity contribution in [2.24, 2.45) is 5.92 Å². The summed E-state index contributed by atoms with van der Waals surface area (Å²) >= 11 is 0. The third-order valence-electron chi connectivity index (χ3n) is 3.14. The molecule has 0 aliphatic rings. The number of ether oxygens (including phenoxy) is 2. The molecule has 11 heteroatoms. The van der Waals surface area contributed by atoms with Crippen LogP contribution in [0.5, 0.6) is 11.6 Å². The second-order valence-electron chi connectivity index (χ2n) is 6.14. The number of hydrogen-bond donors (Lipinski definition) is 1. The number of rotatable bonds is 7. The molecule has 2 rings (SSSR count). The summed E-state index contributed by atoms with van der Waals surface area (Å²) in [5.74, 6) is -0.983. The summed E-state index contributed by atoms with van der Waals surface area (Å²) < 4.78 is 85.8. The van der Waals surface area contributed by atoms with Crippen molar-refractivity contribution in [1.82, 2.24) is 9.97 Å². The third kappa shape index (κ3) is 6.46. The molecule has 0 atom stereocenters. The van der Waals surface area contributed by atoms with Gasteiger partial charge in [0.05, 0.1) is 12.3 Å². The zero-order chi connectivity index (χ0) is 20.9. The average Bonchev–Trinajstić information content (AvgIpc) is 2.57. The van der Waals surface area contributed by atoms with E-state index in [1.165, 1.54) is 0 Å². The minimum absolute atomic E-state index is 0.220. The van der Waals surface area contributed by atoms with E-state index in [1.807, 2.05) is 13.8 Å². The van der Waals surface area contributed by atoms with Gasteiger partial charge in [0.25, 0.3) is 0 Å². The lowest BCUT2D eigenvalue weighted by molar-refractivity contribution is -0.159. The maximum atomic E-state index is 13.0. The van der Waals surface area contributed by atoms with Gasteiger partial charge in [-0.2, -0.15) is 31.3 Å². The third-order valence-corrected chi connectivity index (χ3v) is 3.14. The topological polar surface area (TPSA) is 56.3 Å². The molecule has 154 valence electrons. The van der Waals surface area contributed by atoms with Gasteiger partial charge in [-0.25, -0.2) is 4.98 Å². The zero-order valence-electron chi connectivity index (χ0n) is 14.9. The van der Waals surface area contributed by atoms with Gasteiger partial charge in [0, 0.05) is 6.20 Å². The molecule has 0 bridgehead atoms. The number of anilines is 2. The lowest BCUT2D eigenvalue weighted by Gasteiger charge is -2.16. The van der Waals surface area contributed by atoms with E-state index in [0.717, 1.165) is 0 Å². The summed E-state index contributed by atoms with van der Waals surface area (Å²) in [5.41, 5.74) is -1.17. The van der Waals surface area contributed by atoms with E-state index in [9.17, 15) is 26.3 Å². The SMILES string of the molecule is CC(C)COc1ccccc1Nc1ncc(C(F)(F)F)c(OCC(F)(F)F)n1. The summed E-state index contributed by atoms with van der Waals surface area (Å²) in [4.78, 5) is 6.98. The highest BCUT2D eigenvalue weighted by Crippen LogP contribution is 2.36. The van der Waals surface area contributed by atoms with Crippen LogP contribution in [0.1, 0.15) is 19.4 Å². The van der Waals surface area contributed by atoms with E-state index in [4.69, 9.17) is 4.74 Å². The van der Waals surface area contributed by atoms with Gasteiger partial charge in [0.1, 0.15) is 11.3 Å². The van der Waals surface area contributed by atoms with Crippen molar-refractivity contribution >= 4 is 11.6 Å².